The number of aryl methyl sites for hydroxylation is 2. The second kappa shape index (κ2) is 7.44. The summed E-state index contributed by atoms with van der Waals surface area (Å²) in [6, 6.07) is 6.35. The van der Waals surface area contributed by atoms with E-state index in [4.69, 9.17) is 12.2 Å². The fraction of sp³-hybridized carbons (Fsp3) is 0.471. The lowest BCUT2D eigenvalue weighted by Crippen LogP contribution is -2.29. The van der Waals surface area contributed by atoms with E-state index in [0.717, 1.165) is 18.7 Å². The molecular formula is C17H24N2S. The van der Waals surface area contributed by atoms with Gasteiger partial charge in [0.05, 0.1) is 0 Å². The van der Waals surface area contributed by atoms with Crippen LogP contribution in [0.2, 0.25) is 0 Å². The molecule has 0 spiro atoms. The van der Waals surface area contributed by atoms with Crippen molar-refractivity contribution in [2.45, 2.75) is 46.0 Å². The van der Waals surface area contributed by atoms with Crippen LogP contribution < -0.4 is 10.6 Å². The first-order valence-corrected chi connectivity index (χ1v) is 7.86. The van der Waals surface area contributed by atoms with Gasteiger partial charge in [-0.15, -0.1) is 0 Å². The number of hydrogen-bond acceptors (Lipinski definition) is 1. The lowest BCUT2D eigenvalue weighted by atomic mass is 9.97. The van der Waals surface area contributed by atoms with Crippen LogP contribution in [0.1, 0.15) is 43.2 Å². The van der Waals surface area contributed by atoms with Gasteiger partial charge in [0.1, 0.15) is 0 Å². The maximum absolute atomic E-state index is 5.35. The number of anilines is 1. The molecule has 2 nitrogen and oxygen atoms in total. The highest BCUT2D eigenvalue weighted by Crippen LogP contribution is 2.19. The summed E-state index contributed by atoms with van der Waals surface area (Å²) in [5, 5.41) is 7.29. The van der Waals surface area contributed by atoms with E-state index < -0.39 is 0 Å². The van der Waals surface area contributed by atoms with E-state index in [0.29, 0.717) is 5.11 Å². The standard InChI is InChI=1S/C17H24N2S/c1-13-8-9-16(14(2)12-13)19-17(20)18-11-10-15-6-4-3-5-7-15/h6,8-9,12H,3-5,7,10-11H2,1-2H3,(H2,18,19,20). The van der Waals surface area contributed by atoms with E-state index in [2.05, 4.69) is 48.8 Å². The van der Waals surface area contributed by atoms with Gasteiger partial charge in [-0.05, 0) is 69.8 Å². The molecular weight excluding hydrogens is 264 g/mol. The molecule has 0 saturated heterocycles. The molecule has 1 aliphatic rings. The summed E-state index contributed by atoms with van der Waals surface area (Å²) in [6.07, 6.45) is 8.71. The Hall–Kier alpha value is -1.35. The van der Waals surface area contributed by atoms with Crippen molar-refractivity contribution < 1.29 is 0 Å². The maximum Gasteiger partial charge on any atom is 0.170 e. The summed E-state index contributed by atoms with van der Waals surface area (Å²) >= 11 is 5.35. The Labute approximate surface area is 127 Å². The van der Waals surface area contributed by atoms with Crippen molar-refractivity contribution in [3.8, 4) is 0 Å². The fourth-order valence-electron chi connectivity index (χ4n) is 2.59. The highest BCUT2D eigenvalue weighted by atomic mass is 32.1. The monoisotopic (exact) mass is 288 g/mol. The molecule has 20 heavy (non-hydrogen) atoms. The first-order chi connectivity index (χ1) is 9.65. The highest BCUT2D eigenvalue weighted by Gasteiger charge is 2.04. The van der Waals surface area contributed by atoms with Crippen molar-refractivity contribution >= 4 is 23.0 Å². The SMILES string of the molecule is Cc1ccc(NC(=S)NCCC2=CCCCC2)c(C)c1. The van der Waals surface area contributed by atoms with E-state index >= 15 is 0 Å². The first-order valence-electron chi connectivity index (χ1n) is 7.45. The molecule has 0 amide bonds. The summed E-state index contributed by atoms with van der Waals surface area (Å²) in [5.74, 6) is 0. The molecule has 3 heteroatoms. The van der Waals surface area contributed by atoms with E-state index in [-0.39, 0.29) is 0 Å². The van der Waals surface area contributed by atoms with Crippen molar-refractivity contribution in [2.24, 2.45) is 0 Å². The highest BCUT2D eigenvalue weighted by molar-refractivity contribution is 7.80. The van der Waals surface area contributed by atoms with Crippen LogP contribution in [0.25, 0.3) is 0 Å². The van der Waals surface area contributed by atoms with E-state index in [1.807, 2.05) is 0 Å². The van der Waals surface area contributed by atoms with Crippen molar-refractivity contribution in [2.75, 3.05) is 11.9 Å². The van der Waals surface area contributed by atoms with Crippen molar-refractivity contribution in [3.05, 3.63) is 41.0 Å². The largest absolute Gasteiger partial charge is 0.362 e. The molecule has 1 aromatic carbocycles. The van der Waals surface area contributed by atoms with Crippen LogP contribution in [0.15, 0.2) is 29.8 Å². The third kappa shape index (κ3) is 4.64. The smallest absolute Gasteiger partial charge is 0.170 e. The Balaban J connectivity index is 1.76. The predicted octanol–water partition coefficient (Wildman–Crippen LogP) is 4.48. The van der Waals surface area contributed by atoms with Gasteiger partial charge in [0.2, 0.25) is 0 Å². The minimum atomic E-state index is 0.716. The maximum atomic E-state index is 5.35. The van der Waals surface area contributed by atoms with Gasteiger partial charge in [0.25, 0.3) is 0 Å². The van der Waals surface area contributed by atoms with Gasteiger partial charge in [0.15, 0.2) is 5.11 Å². The predicted molar refractivity (Wildman–Crippen MR) is 91.3 cm³/mol. The van der Waals surface area contributed by atoms with Crippen LogP contribution in [-0.2, 0) is 0 Å². The molecule has 0 aromatic heterocycles. The molecule has 0 aliphatic heterocycles. The number of nitrogens with one attached hydrogen (secondary N) is 2. The average Bonchev–Trinajstić information content (AvgIpc) is 2.43. The molecule has 0 fully saturated rings. The summed E-state index contributed by atoms with van der Waals surface area (Å²) < 4.78 is 0. The molecule has 0 saturated carbocycles. The summed E-state index contributed by atoms with van der Waals surface area (Å²) in [7, 11) is 0. The second-order valence-electron chi connectivity index (χ2n) is 5.56. The third-order valence-corrected chi connectivity index (χ3v) is 3.99. The first kappa shape index (κ1) is 15.0. The van der Waals surface area contributed by atoms with Crippen LogP contribution >= 0.6 is 12.2 Å². The lowest BCUT2D eigenvalue weighted by Gasteiger charge is -2.15. The summed E-state index contributed by atoms with van der Waals surface area (Å²) in [4.78, 5) is 0. The molecule has 0 unspecified atom stereocenters. The molecule has 108 valence electrons. The topological polar surface area (TPSA) is 24.1 Å². The Morgan fingerprint density at radius 1 is 1.25 bits per heavy atom. The van der Waals surface area contributed by atoms with Crippen molar-refractivity contribution in [1.82, 2.24) is 5.32 Å². The molecule has 0 bridgehead atoms. The van der Waals surface area contributed by atoms with Crippen molar-refractivity contribution in [1.29, 1.82) is 0 Å². The molecule has 2 rings (SSSR count). The van der Waals surface area contributed by atoms with E-state index in [9.17, 15) is 0 Å². The van der Waals surface area contributed by atoms with Crippen molar-refractivity contribution in [3.63, 3.8) is 0 Å². The van der Waals surface area contributed by atoms with Gasteiger partial charge in [-0.25, -0.2) is 0 Å². The van der Waals surface area contributed by atoms with Crippen LogP contribution in [0, 0.1) is 13.8 Å². The van der Waals surface area contributed by atoms with E-state index in [1.54, 1.807) is 5.57 Å². The molecule has 0 heterocycles. The molecule has 0 radical (unpaired) electrons. The minimum absolute atomic E-state index is 0.716. The number of hydrogen-bond donors (Lipinski definition) is 2. The third-order valence-electron chi connectivity index (χ3n) is 3.75. The van der Waals surface area contributed by atoms with Crippen LogP contribution in [0.4, 0.5) is 5.69 Å². The Kier molecular flexibility index (Phi) is 5.60. The van der Waals surface area contributed by atoms with Gasteiger partial charge >= 0.3 is 0 Å². The molecule has 0 atom stereocenters. The van der Waals surface area contributed by atoms with Gasteiger partial charge in [-0.3, -0.25) is 0 Å². The number of allylic oxidation sites excluding steroid dienone is 1. The lowest BCUT2D eigenvalue weighted by molar-refractivity contribution is 0.669. The summed E-state index contributed by atoms with van der Waals surface area (Å²) in [5.41, 5.74) is 5.17. The Bertz CT molecular complexity index is 506. The van der Waals surface area contributed by atoms with Crippen LogP contribution in [0.3, 0.4) is 0 Å². The van der Waals surface area contributed by atoms with Crippen LogP contribution in [-0.4, -0.2) is 11.7 Å². The zero-order valence-corrected chi connectivity index (χ0v) is 13.3. The number of rotatable bonds is 4. The van der Waals surface area contributed by atoms with Crippen LogP contribution in [0.5, 0.6) is 0 Å². The molecule has 2 N–H and O–H groups in total. The Morgan fingerprint density at radius 2 is 2.10 bits per heavy atom. The van der Waals surface area contributed by atoms with Gasteiger partial charge in [0, 0.05) is 12.2 Å². The Morgan fingerprint density at radius 3 is 2.80 bits per heavy atom. The quantitative estimate of drug-likeness (QED) is 0.631. The second-order valence-corrected chi connectivity index (χ2v) is 5.97. The molecule has 1 aliphatic carbocycles. The zero-order chi connectivity index (χ0) is 14.4. The molecule has 1 aromatic rings. The van der Waals surface area contributed by atoms with Gasteiger partial charge in [-0.1, -0.05) is 29.3 Å². The fourth-order valence-corrected chi connectivity index (χ4v) is 2.80. The zero-order valence-electron chi connectivity index (χ0n) is 12.5. The number of benzene rings is 1. The number of thiocarbonyl (C=S) groups is 1. The minimum Gasteiger partial charge on any atom is -0.362 e. The van der Waals surface area contributed by atoms with E-state index in [1.165, 1.54) is 36.8 Å². The summed E-state index contributed by atoms with van der Waals surface area (Å²) in [6.45, 7) is 5.12. The normalized spacial score (nSPS) is 14.6. The average molecular weight is 288 g/mol. The van der Waals surface area contributed by atoms with Gasteiger partial charge in [-0.2, -0.15) is 0 Å². The van der Waals surface area contributed by atoms with Gasteiger partial charge < -0.3 is 10.6 Å².